The van der Waals surface area contributed by atoms with Gasteiger partial charge in [0.1, 0.15) is 0 Å². The molecule has 2 rings (SSSR count). The lowest BCUT2D eigenvalue weighted by Gasteiger charge is -2.36. The third kappa shape index (κ3) is 3.81. The van der Waals surface area contributed by atoms with Crippen LogP contribution in [0.15, 0.2) is 22.7 Å². The number of nitrogens with zero attached hydrogens (tertiary/aromatic N) is 2. The summed E-state index contributed by atoms with van der Waals surface area (Å²) >= 11 is 3.42. The van der Waals surface area contributed by atoms with Gasteiger partial charge in [-0.15, -0.1) is 0 Å². The van der Waals surface area contributed by atoms with Crippen LogP contribution in [0.5, 0.6) is 0 Å². The van der Waals surface area contributed by atoms with Crippen LogP contribution in [0.2, 0.25) is 0 Å². The molecule has 1 aliphatic carbocycles. The van der Waals surface area contributed by atoms with E-state index in [2.05, 4.69) is 40.2 Å². The van der Waals surface area contributed by atoms with Crippen LogP contribution in [0.4, 0.5) is 5.69 Å². The third-order valence-electron chi connectivity index (χ3n) is 4.50. The Kier molecular flexibility index (Phi) is 5.35. The van der Waals surface area contributed by atoms with E-state index in [1.165, 1.54) is 25.7 Å². The predicted octanol–water partition coefficient (Wildman–Crippen LogP) is 3.32. The molecule has 0 unspecified atom stereocenters. The molecule has 0 atom stereocenters. The molecule has 0 heterocycles. The topological polar surface area (TPSA) is 58.4 Å². The van der Waals surface area contributed by atoms with Gasteiger partial charge in [-0.25, -0.2) is 0 Å². The van der Waals surface area contributed by atoms with E-state index < -0.39 is 0 Å². The number of likely N-dealkylation sites (N-methyl/N-ethyl adjacent to an activating group) is 1. The van der Waals surface area contributed by atoms with Gasteiger partial charge in [0, 0.05) is 35.2 Å². The predicted molar refractivity (Wildman–Crippen MR) is 87.4 cm³/mol. The second-order valence-corrected chi connectivity index (χ2v) is 6.82. The highest BCUT2D eigenvalue weighted by molar-refractivity contribution is 9.10. The number of hydrogen-bond acceptors (Lipinski definition) is 4. The Morgan fingerprint density at radius 3 is 2.57 bits per heavy atom. The maximum atomic E-state index is 10.7. The number of rotatable bonds is 6. The van der Waals surface area contributed by atoms with Gasteiger partial charge in [0.15, 0.2) is 0 Å². The van der Waals surface area contributed by atoms with Gasteiger partial charge in [0.05, 0.1) is 4.92 Å². The van der Waals surface area contributed by atoms with Crippen molar-refractivity contribution in [2.75, 3.05) is 20.6 Å². The maximum absolute atomic E-state index is 10.7. The zero-order valence-corrected chi connectivity index (χ0v) is 14.1. The molecule has 5 nitrogen and oxygen atoms in total. The summed E-state index contributed by atoms with van der Waals surface area (Å²) in [6.07, 6.45) is 5.05. The van der Waals surface area contributed by atoms with Crippen LogP contribution < -0.4 is 5.32 Å². The highest BCUT2D eigenvalue weighted by Gasteiger charge is 2.35. The van der Waals surface area contributed by atoms with Crippen molar-refractivity contribution in [3.8, 4) is 0 Å². The van der Waals surface area contributed by atoms with Crippen molar-refractivity contribution in [1.29, 1.82) is 0 Å². The van der Waals surface area contributed by atoms with Crippen molar-refractivity contribution < 1.29 is 4.92 Å². The Hall–Kier alpha value is -0.980. The van der Waals surface area contributed by atoms with Crippen LogP contribution >= 0.6 is 15.9 Å². The molecule has 1 aromatic rings. The molecule has 21 heavy (non-hydrogen) atoms. The molecule has 1 fully saturated rings. The van der Waals surface area contributed by atoms with Gasteiger partial charge in [0.2, 0.25) is 0 Å². The average Bonchev–Trinajstić information content (AvgIpc) is 2.90. The summed E-state index contributed by atoms with van der Waals surface area (Å²) in [4.78, 5) is 12.7. The van der Waals surface area contributed by atoms with Crippen LogP contribution in [-0.2, 0) is 6.54 Å². The number of nitrogens with one attached hydrogen (secondary N) is 1. The lowest BCUT2D eigenvalue weighted by atomic mass is 9.96. The molecule has 0 radical (unpaired) electrons. The number of halogens is 1. The average molecular weight is 356 g/mol. The second kappa shape index (κ2) is 6.85. The normalized spacial score (nSPS) is 17.3. The summed E-state index contributed by atoms with van der Waals surface area (Å²) in [5.74, 6) is 0. The minimum absolute atomic E-state index is 0.117. The summed E-state index contributed by atoms with van der Waals surface area (Å²) in [5, 5.41) is 14.2. The lowest BCUT2D eigenvalue weighted by Crippen LogP contribution is -2.49. The number of nitro benzene ring substituents is 1. The Morgan fingerprint density at radius 1 is 1.38 bits per heavy atom. The smallest absolute Gasteiger partial charge is 0.270 e. The number of nitro groups is 1. The summed E-state index contributed by atoms with van der Waals surface area (Å²) in [5.41, 5.74) is 1.42. The summed E-state index contributed by atoms with van der Waals surface area (Å²) < 4.78 is 0.787. The van der Waals surface area contributed by atoms with Crippen LogP contribution in [-0.4, -0.2) is 36.0 Å². The van der Waals surface area contributed by atoms with E-state index in [1.54, 1.807) is 12.1 Å². The molecule has 0 aliphatic heterocycles. The van der Waals surface area contributed by atoms with Crippen molar-refractivity contribution in [2.24, 2.45) is 0 Å². The molecule has 0 aromatic heterocycles. The van der Waals surface area contributed by atoms with Crippen LogP contribution in [0.1, 0.15) is 31.2 Å². The quantitative estimate of drug-likeness (QED) is 0.628. The first-order chi connectivity index (χ1) is 9.94. The molecular formula is C15H22BrN3O2. The molecule has 116 valence electrons. The summed E-state index contributed by atoms with van der Waals surface area (Å²) in [7, 11) is 4.30. The van der Waals surface area contributed by atoms with Crippen molar-refractivity contribution in [3.63, 3.8) is 0 Å². The van der Waals surface area contributed by atoms with E-state index >= 15 is 0 Å². The highest BCUT2D eigenvalue weighted by Crippen LogP contribution is 2.33. The van der Waals surface area contributed by atoms with Crippen LogP contribution in [0.25, 0.3) is 0 Å². The van der Waals surface area contributed by atoms with Gasteiger partial charge in [-0.05, 0) is 38.6 Å². The first kappa shape index (κ1) is 16.4. The highest BCUT2D eigenvalue weighted by atomic mass is 79.9. The zero-order chi connectivity index (χ0) is 15.5. The van der Waals surface area contributed by atoms with Crippen molar-refractivity contribution >= 4 is 21.6 Å². The van der Waals surface area contributed by atoms with Crippen molar-refractivity contribution in [1.82, 2.24) is 10.2 Å². The molecule has 6 heteroatoms. The van der Waals surface area contributed by atoms with Gasteiger partial charge in [-0.2, -0.15) is 0 Å². The van der Waals surface area contributed by atoms with E-state index in [1.807, 2.05) is 6.07 Å². The first-order valence-corrected chi connectivity index (χ1v) is 8.05. The third-order valence-corrected chi connectivity index (χ3v) is 5.24. The van der Waals surface area contributed by atoms with Crippen LogP contribution in [0, 0.1) is 10.1 Å². The number of hydrogen-bond donors (Lipinski definition) is 1. The van der Waals surface area contributed by atoms with Gasteiger partial charge >= 0.3 is 0 Å². The van der Waals surface area contributed by atoms with Gasteiger partial charge in [0.25, 0.3) is 5.69 Å². The Morgan fingerprint density at radius 2 is 2.05 bits per heavy atom. The fourth-order valence-corrected chi connectivity index (χ4v) is 3.55. The Labute approximate surface area is 134 Å². The van der Waals surface area contributed by atoms with Gasteiger partial charge in [-0.3, -0.25) is 10.1 Å². The molecule has 1 aliphatic rings. The fraction of sp³-hybridized carbons (Fsp3) is 0.600. The number of benzene rings is 1. The maximum Gasteiger partial charge on any atom is 0.270 e. The van der Waals surface area contributed by atoms with E-state index in [4.69, 9.17) is 0 Å². The van der Waals surface area contributed by atoms with Gasteiger partial charge in [-0.1, -0.05) is 28.8 Å². The summed E-state index contributed by atoms with van der Waals surface area (Å²) in [6.45, 7) is 1.66. The molecule has 0 saturated heterocycles. The molecule has 0 amide bonds. The zero-order valence-electron chi connectivity index (χ0n) is 12.6. The molecule has 0 spiro atoms. The molecule has 1 aromatic carbocycles. The van der Waals surface area contributed by atoms with Crippen molar-refractivity contribution in [2.45, 2.75) is 37.8 Å². The minimum atomic E-state index is -0.373. The molecule has 1 saturated carbocycles. The van der Waals surface area contributed by atoms with Crippen molar-refractivity contribution in [3.05, 3.63) is 38.3 Å². The minimum Gasteiger partial charge on any atom is -0.311 e. The van der Waals surface area contributed by atoms with E-state index in [0.29, 0.717) is 6.54 Å². The first-order valence-electron chi connectivity index (χ1n) is 7.26. The second-order valence-electron chi connectivity index (χ2n) is 5.96. The SMILES string of the molecule is CN(C)C1(CNCc2ccc([N+](=O)[O-])cc2Br)CCCC1. The summed E-state index contributed by atoms with van der Waals surface area (Å²) in [6, 6.07) is 4.93. The molecule has 1 N–H and O–H groups in total. The lowest BCUT2D eigenvalue weighted by molar-refractivity contribution is -0.384. The van der Waals surface area contributed by atoms with E-state index in [-0.39, 0.29) is 16.1 Å². The van der Waals surface area contributed by atoms with E-state index in [9.17, 15) is 10.1 Å². The monoisotopic (exact) mass is 355 g/mol. The largest absolute Gasteiger partial charge is 0.311 e. The fourth-order valence-electron chi connectivity index (χ4n) is 3.04. The van der Waals surface area contributed by atoms with Gasteiger partial charge < -0.3 is 10.2 Å². The Bertz CT molecular complexity index is 514. The standard InChI is InChI=1S/C15H22BrN3O2/c1-18(2)15(7-3-4-8-15)11-17-10-12-5-6-13(19(20)21)9-14(12)16/h5-6,9,17H,3-4,7-8,10-11H2,1-2H3. The molecular weight excluding hydrogens is 334 g/mol. The number of non-ortho nitro benzene ring substituents is 1. The van der Waals surface area contributed by atoms with E-state index in [0.717, 1.165) is 16.6 Å². The van der Waals surface area contributed by atoms with Crippen LogP contribution in [0.3, 0.4) is 0 Å². The Balaban J connectivity index is 1.95. The molecule has 0 bridgehead atoms.